The van der Waals surface area contributed by atoms with Crippen molar-refractivity contribution in [1.82, 2.24) is 0 Å². The first-order valence-corrected chi connectivity index (χ1v) is 8.35. The highest BCUT2D eigenvalue weighted by atomic mass is 16.5. The largest absolute Gasteiger partial charge is 0.491 e. The van der Waals surface area contributed by atoms with Crippen molar-refractivity contribution in [2.24, 2.45) is 0 Å². The number of hydrogen-bond donors (Lipinski definition) is 2. The van der Waals surface area contributed by atoms with Crippen LogP contribution in [0.1, 0.15) is 12.8 Å². The van der Waals surface area contributed by atoms with Crippen LogP contribution in [0, 0.1) is 0 Å². The minimum Gasteiger partial charge on any atom is -0.491 e. The number of nitrogen functional groups attached to an aromatic ring is 1. The number of ether oxygens (including phenoxy) is 2. The van der Waals surface area contributed by atoms with Crippen molar-refractivity contribution < 1.29 is 19.1 Å². The van der Waals surface area contributed by atoms with E-state index in [9.17, 15) is 9.59 Å². The van der Waals surface area contributed by atoms with Gasteiger partial charge in [0, 0.05) is 19.2 Å². The average Bonchev–Trinajstić information content (AvgIpc) is 2.63. The zero-order chi connectivity index (χ0) is 18.5. The lowest BCUT2D eigenvalue weighted by molar-refractivity contribution is -0.121. The lowest BCUT2D eigenvalue weighted by Crippen LogP contribution is -2.35. The molecule has 2 aromatic carbocycles. The van der Waals surface area contributed by atoms with E-state index in [0.717, 1.165) is 0 Å². The maximum atomic E-state index is 12.1. The van der Waals surface area contributed by atoms with Gasteiger partial charge in [-0.2, -0.15) is 0 Å². The second kappa shape index (κ2) is 7.77. The summed E-state index contributed by atoms with van der Waals surface area (Å²) in [4.78, 5) is 25.3. The van der Waals surface area contributed by atoms with Crippen molar-refractivity contribution in [3.63, 3.8) is 0 Å². The van der Waals surface area contributed by atoms with Crippen LogP contribution in [-0.2, 0) is 9.59 Å². The van der Waals surface area contributed by atoms with Crippen molar-refractivity contribution in [3.05, 3.63) is 42.5 Å². The predicted octanol–water partition coefficient (Wildman–Crippen LogP) is 2.42. The molecule has 2 amide bonds. The predicted molar refractivity (Wildman–Crippen MR) is 99.6 cm³/mol. The Morgan fingerprint density at radius 2 is 2.12 bits per heavy atom. The second-order valence-corrected chi connectivity index (χ2v) is 5.96. The first-order valence-electron chi connectivity index (χ1n) is 8.35. The van der Waals surface area contributed by atoms with Crippen LogP contribution in [0.3, 0.4) is 0 Å². The number of nitrogens with zero attached hydrogens (tertiary/aromatic N) is 1. The molecule has 1 aliphatic heterocycles. The quantitative estimate of drug-likeness (QED) is 0.613. The summed E-state index contributed by atoms with van der Waals surface area (Å²) in [6, 6.07) is 12.5. The zero-order valence-electron chi connectivity index (χ0n) is 14.5. The number of nitrogens with one attached hydrogen (secondary N) is 1. The van der Waals surface area contributed by atoms with Crippen molar-refractivity contribution in [1.29, 1.82) is 0 Å². The van der Waals surface area contributed by atoms with Gasteiger partial charge < -0.3 is 25.4 Å². The van der Waals surface area contributed by atoms with Crippen LogP contribution >= 0.6 is 0 Å². The van der Waals surface area contributed by atoms with Crippen LogP contribution in [0.4, 0.5) is 17.1 Å². The SMILES string of the molecule is CN1C(=O)COc2ccc(NC(=O)CCCOc3ccccc3N)cc21. The third kappa shape index (κ3) is 4.05. The minimum atomic E-state index is -0.127. The van der Waals surface area contributed by atoms with Gasteiger partial charge in [-0.05, 0) is 36.8 Å². The van der Waals surface area contributed by atoms with E-state index in [-0.39, 0.29) is 18.4 Å². The first kappa shape index (κ1) is 17.6. The molecule has 0 saturated heterocycles. The number of carbonyl (C=O) groups is 2. The molecule has 0 aliphatic carbocycles. The van der Waals surface area contributed by atoms with E-state index in [2.05, 4.69) is 5.32 Å². The Kier molecular flexibility index (Phi) is 5.26. The van der Waals surface area contributed by atoms with Crippen molar-refractivity contribution in [2.75, 3.05) is 36.2 Å². The molecular formula is C19H21N3O4. The molecule has 0 spiro atoms. The van der Waals surface area contributed by atoms with E-state index in [1.54, 1.807) is 37.4 Å². The van der Waals surface area contributed by atoms with Gasteiger partial charge in [-0.25, -0.2) is 0 Å². The van der Waals surface area contributed by atoms with Gasteiger partial charge in [0.1, 0.15) is 11.5 Å². The Bertz CT molecular complexity index is 822. The molecule has 0 bridgehead atoms. The Morgan fingerprint density at radius 3 is 2.92 bits per heavy atom. The summed E-state index contributed by atoms with van der Waals surface area (Å²) in [5.74, 6) is 0.993. The summed E-state index contributed by atoms with van der Waals surface area (Å²) < 4.78 is 10.9. The Hall–Kier alpha value is -3.22. The highest BCUT2D eigenvalue weighted by Crippen LogP contribution is 2.33. The molecule has 3 N–H and O–H groups in total. The number of amides is 2. The fraction of sp³-hybridized carbons (Fsp3) is 0.263. The van der Waals surface area contributed by atoms with Crippen LogP contribution < -0.4 is 25.4 Å². The number of likely N-dealkylation sites (N-methyl/N-ethyl adjacent to an activating group) is 1. The summed E-state index contributed by atoms with van der Waals surface area (Å²) in [5.41, 5.74) is 7.63. The fourth-order valence-electron chi connectivity index (χ4n) is 2.60. The van der Waals surface area contributed by atoms with Gasteiger partial charge in [-0.15, -0.1) is 0 Å². The van der Waals surface area contributed by atoms with Crippen LogP contribution in [0.15, 0.2) is 42.5 Å². The van der Waals surface area contributed by atoms with E-state index in [1.807, 2.05) is 12.1 Å². The summed E-state index contributed by atoms with van der Waals surface area (Å²) in [6.45, 7) is 0.429. The molecule has 1 aliphatic rings. The lowest BCUT2D eigenvalue weighted by Gasteiger charge is -2.26. The smallest absolute Gasteiger partial charge is 0.264 e. The summed E-state index contributed by atoms with van der Waals surface area (Å²) in [7, 11) is 1.68. The molecule has 0 saturated carbocycles. The number of anilines is 3. The zero-order valence-corrected chi connectivity index (χ0v) is 14.5. The van der Waals surface area contributed by atoms with E-state index >= 15 is 0 Å². The van der Waals surface area contributed by atoms with Gasteiger partial charge in [0.05, 0.1) is 18.0 Å². The monoisotopic (exact) mass is 355 g/mol. The molecule has 0 atom stereocenters. The lowest BCUT2D eigenvalue weighted by atomic mass is 10.2. The molecule has 0 aromatic heterocycles. The second-order valence-electron chi connectivity index (χ2n) is 5.96. The van der Waals surface area contributed by atoms with Crippen molar-refractivity contribution in [3.8, 4) is 11.5 Å². The van der Waals surface area contributed by atoms with Crippen LogP contribution in [0.5, 0.6) is 11.5 Å². The third-order valence-corrected chi connectivity index (χ3v) is 4.05. The third-order valence-electron chi connectivity index (χ3n) is 4.05. The number of fused-ring (bicyclic) bond motifs is 1. The van der Waals surface area contributed by atoms with E-state index in [0.29, 0.717) is 48.0 Å². The normalized spacial score (nSPS) is 13.0. The minimum absolute atomic E-state index is 0.0289. The number of nitrogens with two attached hydrogens (primary N) is 1. The van der Waals surface area contributed by atoms with Crippen molar-refractivity contribution in [2.45, 2.75) is 12.8 Å². The van der Waals surface area contributed by atoms with E-state index in [1.165, 1.54) is 4.90 Å². The molecule has 0 radical (unpaired) electrons. The highest BCUT2D eigenvalue weighted by Gasteiger charge is 2.22. The topological polar surface area (TPSA) is 93.9 Å². The molecule has 7 heteroatoms. The number of hydrogen-bond acceptors (Lipinski definition) is 5. The average molecular weight is 355 g/mol. The molecule has 2 aromatic rings. The van der Waals surface area contributed by atoms with Gasteiger partial charge >= 0.3 is 0 Å². The first-order chi connectivity index (χ1) is 12.5. The molecule has 3 rings (SSSR count). The van der Waals surface area contributed by atoms with E-state index in [4.69, 9.17) is 15.2 Å². The molecule has 26 heavy (non-hydrogen) atoms. The summed E-state index contributed by atoms with van der Waals surface area (Å²) in [5, 5.41) is 2.82. The van der Waals surface area contributed by atoms with Crippen LogP contribution in [0.2, 0.25) is 0 Å². The number of rotatable bonds is 6. The molecular weight excluding hydrogens is 334 g/mol. The van der Waals surface area contributed by atoms with Gasteiger partial charge in [-0.3, -0.25) is 9.59 Å². The molecule has 1 heterocycles. The standard InChI is InChI=1S/C19H21N3O4/c1-22-15-11-13(8-9-17(15)26-12-19(22)24)21-18(23)7-4-10-25-16-6-3-2-5-14(16)20/h2-3,5-6,8-9,11H,4,7,10,12,20H2,1H3,(H,21,23). The molecule has 0 fully saturated rings. The molecule has 136 valence electrons. The van der Waals surface area contributed by atoms with Crippen LogP contribution in [0.25, 0.3) is 0 Å². The number of benzene rings is 2. The summed E-state index contributed by atoms with van der Waals surface area (Å²) >= 11 is 0. The van der Waals surface area contributed by atoms with Gasteiger partial charge in [0.25, 0.3) is 5.91 Å². The Morgan fingerprint density at radius 1 is 1.31 bits per heavy atom. The van der Waals surface area contributed by atoms with Gasteiger partial charge in [0.2, 0.25) is 5.91 Å². The molecule has 0 unspecified atom stereocenters. The summed E-state index contributed by atoms with van der Waals surface area (Å²) in [6.07, 6.45) is 0.877. The van der Waals surface area contributed by atoms with Gasteiger partial charge in [0.15, 0.2) is 6.61 Å². The molecule has 7 nitrogen and oxygen atoms in total. The highest BCUT2D eigenvalue weighted by molar-refractivity contribution is 5.99. The Labute approximate surface area is 151 Å². The van der Waals surface area contributed by atoms with E-state index < -0.39 is 0 Å². The number of carbonyl (C=O) groups excluding carboxylic acids is 2. The number of para-hydroxylation sites is 2. The maximum absolute atomic E-state index is 12.1. The maximum Gasteiger partial charge on any atom is 0.264 e. The van der Waals surface area contributed by atoms with Crippen LogP contribution in [-0.4, -0.2) is 32.1 Å². The fourth-order valence-corrected chi connectivity index (χ4v) is 2.60. The Balaban J connectivity index is 1.49. The van der Waals surface area contributed by atoms with Crippen molar-refractivity contribution >= 4 is 28.9 Å². The van der Waals surface area contributed by atoms with Gasteiger partial charge in [-0.1, -0.05) is 12.1 Å².